The van der Waals surface area contributed by atoms with Gasteiger partial charge < -0.3 is 4.90 Å². The molecule has 0 bridgehead atoms. The molecule has 60 valence electrons. The average molecular weight is 266 g/mol. The average Bonchev–Trinajstić information content (AvgIpc) is 2.15. The van der Waals surface area contributed by atoms with Crippen molar-refractivity contribution in [3.8, 4) is 0 Å². The molecule has 0 aromatic carbocycles. The van der Waals surface area contributed by atoms with Crippen molar-refractivity contribution in [2.45, 2.75) is 12.8 Å². The van der Waals surface area contributed by atoms with Gasteiger partial charge in [0.15, 0.2) is 0 Å². The van der Waals surface area contributed by atoms with Gasteiger partial charge in [-0.2, -0.15) is 0 Å². The second kappa shape index (κ2) is 6.87. The molecule has 0 amide bonds. The number of hydrogen-bond acceptors (Lipinski definition) is 1. The van der Waals surface area contributed by atoms with Crippen LogP contribution in [0.1, 0.15) is 12.8 Å². The fraction of sp³-hybridized carbons (Fsp3) is 1.00. The Morgan fingerprint density at radius 3 is 1.50 bits per heavy atom. The van der Waals surface area contributed by atoms with E-state index in [1.807, 2.05) is 26.0 Å². The molecule has 2 radical (unpaired) electrons. The van der Waals surface area contributed by atoms with E-state index in [4.69, 9.17) is 0 Å². The number of nitrogens with zero attached hydrogens (tertiary/aromatic N) is 1. The molecule has 1 nitrogen and oxygen atoms in total. The Balaban J connectivity index is 0.000000180. The Morgan fingerprint density at radius 2 is 1.40 bits per heavy atom. The second-order valence-corrected chi connectivity index (χ2v) is 11.4. The molecule has 0 aliphatic carbocycles. The van der Waals surface area contributed by atoms with Crippen LogP contribution in [0.25, 0.3) is 0 Å². The van der Waals surface area contributed by atoms with Crippen molar-refractivity contribution < 1.29 is 0 Å². The summed E-state index contributed by atoms with van der Waals surface area (Å²) in [6.07, 6.45) is 6.31. The number of rotatable bonds is 0. The van der Waals surface area contributed by atoms with Gasteiger partial charge in [-0.25, -0.2) is 0 Å². The molecule has 0 saturated carbocycles. The van der Waals surface area contributed by atoms with E-state index in [9.17, 15) is 0 Å². The van der Waals surface area contributed by atoms with E-state index in [1.54, 1.807) is 47.1 Å². The molecule has 1 rings (SSSR count). The predicted octanol–water partition coefficient (Wildman–Crippen LogP) is 1.26. The first-order valence-electron chi connectivity index (χ1n) is 3.73. The van der Waals surface area contributed by atoms with Crippen molar-refractivity contribution in [1.82, 2.24) is 4.90 Å². The second-order valence-electron chi connectivity index (χ2n) is 3.08. The van der Waals surface area contributed by atoms with Crippen molar-refractivity contribution in [2.24, 2.45) is 0 Å². The Hall–Kier alpha value is 1.19. The van der Waals surface area contributed by atoms with Crippen LogP contribution >= 0.6 is 5.57 Å². The third-order valence-electron chi connectivity index (χ3n) is 1.14. The summed E-state index contributed by atoms with van der Waals surface area (Å²) in [5.41, 5.74) is 0.665. The van der Waals surface area contributed by atoms with E-state index < -0.39 is 0 Å². The fourth-order valence-corrected chi connectivity index (χ4v) is 5.35. The molecular formula is C7H18NPSn. The van der Waals surface area contributed by atoms with Crippen LogP contribution in [-0.4, -0.2) is 60.3 Å². The third-order valence-corrected chi connectivity index (χ3v) is 7.34. The van der Waals surface area contributed by atoms with Gasteiger partial charge >= 0.3 is 52.7 Å². The Morgan fingerprint density at radius 1 is 1.10 bits per heavy atom. The van der Waals surface area contributed by atoms with Crippen LogP contribution in [0, 0.1) is 0 Å². The normalized spacial score (nSPS) is 18.9. The molecule has 3 heteroatoms. The van der Waals surface area contributed by atoms with Gasteiger partial charge in [-0.05, 0) is 21.1 Å². The topological polar surface area (TPSA) is 3.24 Å². The fourth-order valence-electron chi connectivity index (χ4n) is 0.742. The van der Waals surface area contributed by atoms with Gasteiger partial charge in [-0.3, -0.25) is 0 Å². The minimum absolute atomic E-state index is 0.665. The standard InChI is InChI=1S/C4H8P.C3H9N.Sn.H/c1-2-4-5-3-1;1-4(2)3;;/h1-4H2;1-3H3;;/q-1;;+1;. The molecule has 1 saturated heterocycles. The van der Waals surface area contributed by atoms with E-state index in [-0.39, 0.29) is 0 Å². The summed E-state index contributed by atoms with van der Waals surface area (Å²) in [4.78, 5) is 2.00. The summed E-state index contributed by atoms with van der Waals surface area (Å²) in [6, 6.07) is 0. The van der Waals surface area contributed by atoms with Crippen molar-refractivity contribution in [2.75, 3.05) is 33.5 Å². The van der Waals surface area contributed by atoms with Crippen LogP contribution in [0.15, 0.2) is 0 Å². The van der Waals surface area contributed by atoms with Gasteiger partial charge in [0.05, 0.1) is 0 Å². The molecule has 0 spiro atoms. The first-order valence-corrected chi connectivity index (χ1v) is 9.94. The summed E-state index contributed by atoms with van der Waals surface area (Å²) in [5, 5.41) is 0. The minimum atomic E-state index is 0.665. The first kappa shape index (κ1) is 11.2. The van der Waals surface area contributed by atoms with Gasteiger partial charge in [0, 0.05) is 0 Å². The molecule has 1 aliphatic heterocycles. The van der Waals surface area contributed by atoms with E-state index >= 15 is 0 Å². The molecule has 0 unspecified atom stereocenters. The van der Waals surface area contributed by atoms with Crippen LogP contribution < -0.4 is 0 Å². The van der Waals surface area contributed by atoms with E-state index in [0.29, 0.717) is 5.57 Å². The monoisotopic (exact) mass is 267 g/mol. The zero-order chi connectivity index (χ0) is 7.98. The molecule has 1 heterocycles. The van der Waals surface area contributed by atoms with Crippen molar-refractivity contribution in [1.29, 1.82) is 0 Å². The van der Waals surface area contributed by atoms with Gasteiger partial charge in [-0.1, -0.05) is 0 Å². The van der Waals surface area contributed by atoms with Crippen LogP contribution in [-0.2, 0) is 0 Å². The summed E-state index contributed by atoms with van der Waals surface area (Å²) >= 11 is 1.57. The van der Waals surface area contributed by atoms with Crippen LogP contribution in [0.5, 0.6) is 0 Å². The van der Waals surface area contributed by atoms with E-state index in [2.05, 4.69) is 0 Å². The van der Waals surface area contributed by atoms with E-state index in [0.717, 1.165) is 0 Å². The van der Waals surface area contributed by atoms with Gasteiger partial charge in [0.25, 0.3) is 0 Å². The van der Waals surface area contributed by atoms with Gasteiger partial charge in [0.2, 0.25) is 0 Å². The molecule has 1 fully saturated rings. The Bertz CT molecular complexity index is 69.3. The molecular weight excluding hydrogens is 248 g/mol. The van der Waals surface area contributed by atoms with Gasteiger partial charge in [-0.15, -0.1) is 0 Å². The van der Waals surface area contributed by atoms with Crippen LogP contribution in [0.2, 0.25) is 0 Å². The predicted molar refractivity (Wildman–Crippen MR) is 52.6 cm³/mol. The molecule has 0 aromatic heterocycles. The molecule has 10 heavy (non-hydrogen) atoms. The molecule has 0 aromatic rings. The zero-order valence-electron chi connectivity index (χ0n) is 7.30. The summed E-state index contributed by atoms with van der Waals surface area (Å²) < 4.78 is 0. The Kier molecular flexibility index (Phi) is 7.69. The first-order chi connectivity index (χ1) is 4.63. The van der Waals surface area contributed by atoms with Crippen molar-refractivity contribution in [3.63, 3.8) is 0 Å². The zero-order valence-corrected chi connectivity index (χ0v) is 11.5. The SMILES string of the molecule is CN(C)C.[SnH][P]1CCCC1. The van der Waals surface area contributed by atoms with Crippen molar-refractivity contribution in [3.05, 3.63) is 0 Å². The summed E-state index contributed by atoms with van der Waals surface area (Å²) in [6.45, 7) is 0. The van der Waals surface area contributed by atoms with Crippen molar-refractivity contribution >= 4 is 27.6 Å². The maximum absolute atomic E-state index is 2.00. The van der Waals surface area contributed by atoms with E-state index in [1.165, 1.54) is 0 Å². The number of hydrogen-bond donors (Lipinski definition) is 0. The van der Waals surface area contributed by atoms with Crippen LogP contribution in [0.4, 0.5) is 0 Å². The quantitative estimate of drug-likeness (QED) is 0.471. The van der Waals surface area contributed by atoms with Crippen LogP contribution in [0.3, 0.4) is 0 Å². The molecule has 1 aliphatic rings. The maximum atomic E-state index is 2.00. The summed E-state index contributed by atoms with van der Waals surface area (Å²) in [5.74, 6) is 0. The molecule has 0 N–H and O–H groups in total. The Labute approximate surface area is 78.7 Å². The third kappa shape index (κ3) is 9.19. The summed E-state index contributed by atoms with van der Waals surface area (Å²) in [7, 11) is 6.00. The van der Waals surface area contributed by atoms with Gasteiger partial charge in [0.1, 0.15) is 0 Å². The molecule has 0 atom stereocenters.